The van der Waals surface area contributed by atoms with Gasteiger partial charge in [-0.25, -0.2) is 9.97 Å². The van der Waals surface area contributed by atoms with Gasteiger partial charge < -0.3 is 0 Å². The lowest BCUT2D eigenvalue weighted by Crippen LogP contribution is -1.96. The topological polar surface area (TPSA) is 25.8 Å². The summed E-state index contributed by atoms with van der Waals surface area (Å²) in [6.07, 6.45) is 0. The smallest absolute Gasteiger partial charge is 0.139 e. The Bertz CT molecular complexity index is 1710. The van der Waals surface area contributed by atoms with Gasteiger partial charge in [-0.3, -0.25) is 0 Å². The zero-order valence-electron chi connectivity index (χ0n) is 19.0. The fourth-order valence-electron chi connectivity index (χ4n) is 4.62. The van der Waals surface area contributed by atoms with Crippen LogP contribution in [0.5, 0.6) is 0 Å². The maximum Gasteiger partial charge on any atom is 0.139 e. The zero-order valence-corrected chi connectivity index (χ0v) is 20.5. The van der Waals surface area contributed by atoms with Crippen molar-refractivity contribution < 1.29 is 0 Å². The molecule has 0 N–H and O–H groups in total. The van der Waals surface area contributed by atoms with Gasteiger partial charge in [0.05, 0.1) is 16.7 Å². The normalized spacial score (nSPS) is 11.3. The lowest BCUT2D eigenvalue weighted by molar-refractivity contribution is 1.35. The molecule has 0 aliphatic heterocycles. The van der Waals surface area contributed by atoms with E-state index in [0.717, 1.165) is 55.3 Å². The second-order valence-corrected chi connectivity index (χ2v) is 9.41. The summed E-state index contributed by atoms with van der Waals surface area (Å²) in [7, 11) is 0. The van der Waals surface area contributed by atoms with Gasteiger partial charge in [0, 0.05) is 26.9 Å². The molecule has 0 atom stereocenters. The molecule has 0 spiro atoms. The summed E-state index contributed by atoms with van der Waals surface area (Å²) < 4.78 is 0. The van der Waals surface area contributed by atoms with E-state index in [9.17, 15) is 0 Å². The van der Waals surface area contributed by atoms with Crippen molar-refractivity contribution in [2.45, 2.75) is 6.92 Å². The van der Waals surface area contributed by atoms with E-state index < -0.39 is 0 Å². The number of pyridine rings is 2. The summed E-state index contributed by atoms with van der Waals surface area (Å²) in [5.41, 5.74) is 8.73. The minimum Gasteiger partial charge on any atom is -0.248 e. The minimum atomic E-state index is 0.413. The van der Waals surface area contributed by atoms with Crippen LogP contribution in [0.1, 0.15) is 5.56 Å². The second-order valence-electron chi connectivity index (χ2n) is 8.62. The number of aromatic nitrogens is 2. The molecule has 0 aliphatic rings. The number of hydrogen-bond acceptors (Lipinski definition) is 2. The predicted octanol–water partition coefficient (Wildman–Crippen LogP) is 9.40. The summed E-state index contributed by atoms with van der Waals surface area (Å²) in [5.74, 6) is 0. The third kappa shape index (κ3) is 3.95. The predicted molar refractivity (Wildman–Crippen MR) is 148 cm³/mol. The Labute approximate surface area is 213 Å². The van der Waals surface area contributed by atoms with Gasteiger partial charge >= 0.3 is 0 Å². The van der Waals surface area contributed by atoms with Crippen LogP contribution in [0.2, 0.25) is 10.2 Å². The Morgan fingerprint density at radius 3 is 2.09 bits per heavy atom. The van der Waals surface area contributed by atoms with Gasteiger partial charge in [0.25, 0.3) is 0 Å². The van der Waals surface area contributed by atoms with Gasteiger partial charge in [-0.1, -0.05) is 102 Å². The first-order valence-electron chi connectivity index (χ1n) is 11.4. The average molecular weight is 491 g/mol. The fraction of sp³-hybridized carbons (Fsp3) is 0.0323. The highest BCUT2D eigenvalue weighted by molar-refractivity contribution is 6.35. The first-order valence-corrected chi connectivity index (χ1v) is 12.2. The molecule has 0 saturated carbocycles. The van der Waals surface area contributed by atoms with Gasteiger partial charge in [-0.15, -0.1) is 0 Å². The zero-order chi connectivity index (χ0) is 23.9. The van der Waals surface area contributed by atoms with Crippen molar-refractivity contribution in [2.24, 2.45) is 0 Å². The summed E-state index contributed by atoms with van der Waals surface area (Å²) in [6, 6.07) is 34.8. The molecule has 0 fully saturated rings. The third-order valence-corrected chi connectivity index (χ3v) is 6.81. The van der Waals surface area contributed by atoms with Crippen molar-refractivity contribution in [1.82, 2.24) is 9.97 Å². The molecule has 168 valence electrons. The van der Waals surface area contributed by atoms with Gasteiger partial charge in [-0.05, 0) is 53.9 Å². The first-order chi connectivity index (χ1) is 17.1. The summed E-state index contributed by atoms with van der Waals surface area (Å²) in [4.78, 5) is 9.81. The van der Waals surface area contributed by atoms with E-state index in [1.54, 1.807) is 0 Å². The van der Waals surface area contributed by atoms with Crippen LogP contribution in [0.15, 0.2) is 103 Å². The van der Waals surface area contributed by atoms with Crippen LogP contribution in [0.25, 0.3) is 55.3 Å². The molecule has 0 amide bonds. The van der Waals surface area contributed by atoms with Crippen molar-refractivity contribution in [3.8, 4) is 33.5 Å². The quantitative estimate of drug-likeness (QED) is 0.231. The van der Waals surface area contributed by atoms with Crippen LogP contribution < -0.4 is 0 Å². The number of aryl methyl sites for hydroxylation is 1. The van der Waals surface area contributed by atoms with E-state index in [0.29, 0.717) is 10.2 Å². The Hall–Kier alpha value is -3.72. The number of nitrogens with zero attached hydrogens (tertiary/aromatic N) is 2. The van der Waals surface area contributed by atoms with Crippen LogP contribution in [0.4, 0.5) is 0 Å². The van der Waals surface area contributed by atoms with Crippen LogP contribution in [-0.4, -0.2) is 9.97 Å². The maximum absolute atomic E-state index is 6.92. The molecule has 2 nitrogen and oxygen atoms in total. The number of benzene rings is 4. The van der Waals surface area contributed by atoms with E-state index >= 15 is 0 Å². The molecule has 2 aromatic heterocycles. The van der Waals surface area contributed by atoms with Crippen molar-refractivity contribution in [2.75, 3.05) is 0 Å². The fourth-order valence-corrected chi connectivity index (χ4v) is 5.07. The van der Waals surface area contributed by atoms with E-state index in [1.165, 1.54) is 5.56 Å². The molecule has 4 aromatic carbocycles. The number of halogens is 2. The van der Waals surface area contributed by atoms with Crippen molar-refractivity contribution in [3.05, 3.63) is 119 Å². The molecular formula is C31H20Cl2N2. The number of fused-ring (bicyclic) bond motifs is 2. The van der Waals surface area contributed by atoms with E-state index in [-0.39, 0.29) is 0 Å². The third-order valence-electron chi connectivity index (χ3n) is 6.30. The molecule has 35 heavy (non-hydrogen) atoms. The molecule has 0 unspecified atom stereocenters. The highest BCUT2D eigenvalue weighted by Gasteiger charge is 2.20. The van der Waals surface area contributed by atoms with Gasteiger partial charge in [0.15, 0.2) is 0 Å². The highest BCUT2D eigenvalue weighted by atomic mass is 35.5. The van der Waals surface area contributed by atoms with E-state index in [2.05, 4.69) is 55.5 Å². The molecule has 4 heteroatoms. The number of para-hydroxylation sites is 1. The summed E-state index contributed by atoms with van der Waals surface area (Å²) in [5, 5.41) is 3.09. The standard InChI is InChI=1S/C31H20Cl2N2/c1-19-11-13-20(14-12-19)24-18-28(34-26-10-6-5-9-23(24)26)30-29(21-7-3-2-4-8-21)25-17-22(32)15-16-27(25)35-31(30)33/h2-18H,1H3. The average Bonchev–Trinajstić information content (AvgIpc) is 2.88. The number of rotatable bonds is 3. The second kappa shape index (κ2) is 8.81. The summed E-state index contributed by atoms with van der Waals surface area (Å²) >= 11 is 13.4. The van der Waals surface area contributed by atoms with E-state index in [1.807, 2.05) is 54.6 Å². The Balaban J connectivity index is 1.73. The molecule has 0 aliphatic carbocycles. The van der Waals surface area contributed by atoms with Gasteiger partial charge in [-0.2, -0.15) is 0 Å². The molecule has 0 saturated heterocycles. The molecule has 6 rings (SSSR count). The monoisotopic (exact) mass is 490 g/mol. The van der Waals surface area contributed by atoms with Crippen molar-refractivity contribution >= 4 is 45.0 Å². The van der Waals surface area contributed by atoms with Gasteiger partial charge in [0.1, 0.15) is 5.15 Å². The largest absolute Gasteiger partial charge is 0.248 e. The number of hydrogen-bond donors (Lipinski definition) is 0. The van der Waals surface area contributed by atoms with Gasteiger partial charge in [0.2, 0.25) is 0 Å². The maximum atomic E-state index is 6.92. The Kier molecular flexibility index (Phi) is 5.49. The van der Waals surface area contributed by atoms with Crippen LogP contribution in [0.3, 0.4) is 0 Å². The van der Waals surface area contributed by atoms with Crippen molar-refractivity contribution in [3.63, 3.8) is 0 Å². The molecule has 2 heterocycles. The van der Waals surface area contributed by atoms with Crippen LogP contribution in [0, 0.1) is 6.92 Å². The SMILES string of the molecule is Cc1ccc(-c2cc(-c3c(Cl)nc4ccc(Cl)cc4c3-c3ccccc3)nc3ccccc23)cc1. The summed E-state index contributed by atoms with van der Waals surface area (Å²) in [6.45, 7) is 2.09. The minimum absolute atomic E-state index is 0.413. The Morgan fingerprint density at radius 2 is 1.29 bits per heavy atom. The first kappa shape index (κ1) is 21.8. The lowest BCUT2D eigenvalue weighted by Gasteiger charge is -2.17. The highest BCUT2D eigenvalue weighted by Crippen LogP contribution is 2.43. The Morgan fingerprint density at radius 1 is 0.571 bits per heavy atom. The van der Waals surface area contributed by atoms with Crippen LogP contribution in [-0.2, 0) is 0 Å². The molecule has 0 radical (unpaired) electrons. The lowest BCUT2D eigenvalue weighted by atomic mass is 9.92. The van der Waals surface area contributed by atoms with Crippen LogP contribution >= 0.6 is 23.2 Å². The molecule has 0 bridgehead atoms. The molecular weight excluding hydrogens is 471 g/mol. The van der Waals surface area contributed by atoms with E-state index in [4.69, 9.17) is 33.2 Å². The van der Waals surface area contributed by atoms with Crippen molar-refractivity contribution in [1.29, 1.82) is 0 Å². The molecule has 6 aromatic rings.